The van der Waals surface area contributed by atoms with Gasteiger partial charge in [-0.15, -0.1) is 0 Å². The number of hydrogen-bond donors (Lipinski definition) is 0. The zero-order valence-electron chi connectivity index (χ0n) is 12.2. The van der Waals surface area contributed by atoms with E-state index in [0.717, 1.165) is 4.31 Å². The maximum atomic E-state index is 12.9. The normalized spacial score (nSPS) is 26.4. The maximum Gasteiger partial charge on any atom is 0.392 e. The van der Waals surface area contributed by atoms with Crippen LogP contribution in [0.5, 0.6) is 0 Å². The number of piperidine rings is 1. The van der Waals surface area contributed by atoms with Gasteiger partial charge in [-0.05, 0) is 18.8 Å². The molecular formula is C12H22F3NO3S. The SMILES string of the molecule is CO[C@@H](C)CS(=O)(=O)N1CC[C@H](C(F)(F)F)C(C)(C)C1. The van der Waals surface area contributed by atoms with Crippen LogP contribution < -0.4 is 0 Å². The van der Waals surface area contributed by atoms with Crippen molar-refractivity contribution >= 4 is 10.0 Å². The van der Waals surface area contributed by atoms with Crippen LogP contribution in [0.3, 0.4) is 0 Å². The highest BCUT2D eigenvalue weighted by atomic mass is 32.2. The molecule has 0 N–H and O–H groups in total. The van der Waals surface area contributed by atoms with Gasteiger partial charge in [-0.2, -0.15) is 13.2 Å². The molecule has 1 heterocycles. The summed E-state index contributed by atoms with van der Waals surface area (Å²) in [6.45, 7) is 4.34. The molecule has 0 radical (unpaired) electrons. The van der Waals surface area contributed by atoms with E-state index in [9.17, 15) is 21.6 Å². The minimum Gasteiger partial charge on any atom is -0.381 e. The molecule has 20 heavy (non-hydrogen) atoms. The minimum absolute atomic E-state index is 0.0909. The molecule has 4 nitrogen and oxygen atoms in total. The average Bonchev–Trinajstić information content (AvgIpc) is 2.24. The second-order valence-electron chi connectivity index (χ2n) is 6.03. The van der Waals surface area contributed by atoms with E-state index in [1.54, 1.807) is 6.92 Å². The highest BCUT2D eigenvalue weighted by molar-refractivity contribution is 7.89. The van der Waals surface area contributed by atoms with Gasteiger partial charge in [-0.1, -0.05) is 13.8 Å². The second-order valence-corrected chi connectivity index (χ2v) is 8.04. The van der Waals surface area contributed by atoms with Gasteiger partial charge in [-0.3, -0.25) is 0 Å². The van der Waals surface area contributed by atoms with Gasteiger partial charge >= 0.3 is 6.18 Å². The lowest BCUT2D eigenvalue weighted by molar-refractivity contribution is -0.213. The van der Waals surface area contributed by atoms with E-state index < -0.39 is 33.6 Å². The molecule has 0 aromatic heterocycles. The van der Waals surface area contributed by atoms with Gasteiger partial charge in [0, 0.05) is 20.2 Å². The number of rotatable bonds is 4. The Morgan fingerprint density at radius 3 is 2.35 bits per heavy atom. The average molecular weight is 317 g/mol. The highest BCUT2D eigenvalue weighted by Gasteiger charge is 2.52. The molecule has 0 unspecified atom stereocenters. The maximum absolute atomic E-state index is 12.9. The third-order valence-corrected chi connectivity index (χ3v) is 5.82. The zero-order valence-corrected chi connectivity index (χ0v) is 13.0. The fourth-order valence-electron chi connectivity index (χ4n) is 2.62. The first kappa shape index (κ1) is 17.7. The smallest absolute Gasteiger partial charge is 0.381 e. The Bertz CT molecular complexity index is 434. The van der Waals surface area contributed by atoms with Crippen LogP contribution in [-0.4, -0.2) is 51.0 Å². The van der Waals surface area contributed by atoms with Crippen molar-refractivity contribution in [3.63, 3.8) is 0 Å². The Hall–Kier alpha value is -0.340. The van der Waals surface area contributed by atoms with E-state index in [1.807, 2.05) is 0 Å². The Labute approximate surface area is 118 Å². The van der Waals surface area contributed by atoms with Crippen molar-refractivity contribution in [1.82, 2.24) is 4.31 Å². The molecule has 120 valence electrons. The van der Waals surface area contributed by atoms with Crippen molar-refractivity contribution in [2.45, 2.75) is 39.5 Å². The molecule has 1 saturated heterocycles. The van der Waals surface area contributed by atoms with Crippen LogP contribution in [0.1, 0.15) is 27.2 Å². The van der Waals surface area contributed by atoms with Crippen LogP contribution in [0.15, 0.2) is 0 Å². The first-order valence-corrected chi connectivity index (χ1v) is 8.08. The number of sulfonamides is 1. The lowest BCUT2D eigenvalue weighted by Gasteiger charge is -2.44. The summed E-state index contributed by atoms with van der Waals surface area (Å²) in [5, 5.41) is 0. The minimum atomic E-state index is -4.29. The van der Waals surface area contributed by atoms with Crippen LogP contribution in [0.25, 0.3) is 0 Å². The lowest BCUT2D eigenvalue weighted by atomic mass is 9.74. The zero-order chi connectivity index (χ0) is 15.8. The van der Waals surface area contributed by atoms with E-state index in [2.05, 4.69) is 0 Å². The molecule has 0 aromatic rings. The Morgan fingerprint density at radius 1 is 1.40 bits per heavy atom. The van der Waals surface area contributed by atoms with Gasteiger partial charge in [0.25, 0.3) is 0 Å². The first-order chi connectivity index (χ1) is 8.90. The number of methoxy groups -OCH3 is 1. The quantitative estimate of drug-likeness (QED) is 0.799. The summed E-state index contributed by atoms with van der Waals surface area (Å²) in [5.74, 6) is -1.68. The number of alkyl halides is 3. The molecule has 1 fully saturated rings. The fourth-order valence-corrected chi connectivity index (χ4v) is 4.47. The van der Waals surface area contributed by atoms with Crippen LogP contribution in [0, 0.1) is 11.3 Å². The molecular weight excluding hydrogens is 295 g/mol. The summed E-state index contributed by atoms with van der Waals surface area (Å²) in [6.07, 6.45) is -4.97. The summed E-state index contributed by atoms with van der Waals surface area (Å²) in [4.78, 5) is 0. The van der Waals surface area contributed by atoms with Crippen molar-refractivity contribution in [2.75, 3.05) is 26.0 Å². The predicted octanol–water partition coefficient (Wildman–Crippen LogP) is 2.26. The number of hydrogen-bond acceptors (Lipinski definition) is 3. The number of halogens is 3. The van der Waals surface area contributed by atoms with Gasteiger partial charge in [0.1, 0.15) is 0 Å². The molecule has 0 spiro atoms. The fraction of sp³-hybridized carbons (Fsp3) is 1.00. The third-order valence-electron chi connectivity index (χ3n) is 3.83. The molecule has 1 aliphatic rings. The van der Waals surface area contributed by atoms with Crippen LogP contribution >= 0.6 is 0 Å². The molecule has 1 rings (SSSR count). The van der Waals surface area contributed by atoms with E-state index in [4.69, 9.17) is 4.74 Å². The molecule has 1 aliphatic heterocycles. The van der Waals surface area contributed by atoms with Gasteiger partial charge < -0.3 is 4.74 Å². The van der Waals surface area contributed by atoms with Crippen molar-refractivity contribution in [2.24, 2.45) is 11.3 Å². The van der Waals surface area contributed by atoms with E-state index >= 15 is 0 Å². The van der Waals surface area contributed by atoms with E-state index in [-0.39, 0.29) is 25.3 Å². The van der Waals surface area contributed by atoms with Crippen LogP contribution in [0.2, 0.25) is 0 Å². The van der Waals surface area contributed by atoms with Gasteiger partial charge in [-0.25, -0.2) is 12.7 Å². The summed E-state index contributed by atoms with van der Waals surface area (Å²) >= 11 is 0. The molecule has 0 bridgehead atoms. The van der Waals surface area contributed by atoms with Gasteiger partial charge in [0.05, 0.1) is 17.8 Å². The monoisotopic (exact) mass is 317 g/mol. The molecule has 0 aromatic carbocycles. The number of ether oxygens (including phenoxy) is 1. The molecule has 0 saturated carbocycles. The summed E-state index contributed by atoms with van der Waals surface area (Å²) < 4.78 is 69.2. The van der Waals surface area contributed by atoms with Gasteiger partial charge in [0.15, 0.2) is 0 Å². The standard InChI is InChI=1S/C12H22F3NO3S/c1-9(19-4)7-20(17,18)16-6-5-10(12(13,14)15)11(2,3)8-16/h9-10H,5-8H2,1-4H3/t9-,10-/m0/s1. The van der Waals surface area contributed by atoms with Crippen LogP contribution in [0.4, 0.5) is 13.2 Å². The second kappa shape index (κ2) is 5.81. The molecule has 0 aliphatic carbocycles. The van der Waals surface area contributed by atoms with Crippen LogP contribution in [-0.2, 0) is 14.8 Å². The van der Waals surface area contributed by atoms with Crippen molar-refractivity contribution < 1.29 is 26.3 Å². The Morgan fingerprint density at radius 2 is 1.95 bits per heavy atom. The predicted molar refractivity (Wildman–Crippen MR) is 69.8 cm³/mol. The molecule has 8 heteroatoms. The van der Waals surface area contributed by atoms with E-state index in [0.29, 0.717) is 0 Å². The largest absolute Gasteiger partial charge is 0.392 e. The Balaban J connectivity index is 2.85. The summed E-state index contributed by atoms with van der Waals surface area (Å²) in [5.41, 5.74) is -1.13. The van der Waals surface area contributed by atoms with Crippen molar-refractivity contribution in [3.8, 4) is 0 Å². The molecule has 2 atom stereocenters. The Kier molecular flexibility index (Phi) is 5.14. The van der Waals surface area contributed by atoms with Crippen molar-refractivity contribution in [1.29, 1.82) is 0 Å². The summed E-state index contributed by atoms with van der Waals surface area (Å²) in [6, 6.07) is 0. The third kappa shape index (κ3) is 4.08. The van der Waals surface area contributed by atoms with E-state index in [1.165, 1.54) is 21.0 Å². The number of nitrogens with zero attached hydrogens (tertiary/aromatic N) is 1. The lowest BCUT2D eigenvalue weighted by Crippen LogP contribution is -2.53. The highest BCUT2D eigenvalue weighted by Crippen LogP contribution is 2.45. The topological polar surface area (TPSA) is 46.6 Å². The summed E-state index contributed by atoms with van der Waals surface area (Å²) in [7, 11) is -2.19. The first-order valence-electron chi connectivity index (χ1n) is 6.47. The molecule has 0 amide bonds. The van der Waals surface area contributed by atoms with Crippen molar-refractivity contribution in [3.05, 3.63) is 0 Å². The van der Waals surface area contributed by atoms with Gasteiger partial charge in [0.2, 0.25) is 10.0 Å².